The highest BCUT2D eigenvalue weighted by atomic mass is 16.6. The number of unbranched alkanes of at least 4 members (excludes halogenated alkanes) is 7. The Kier molecular flexibility index (Phi) is 16.4. The largest absolute Gasteiger partial charge is 0.379 e. The third kappa shape index (κ3) is 11.1. The average molecular weight is 684 g/mol. The van der Waals surface area contributed by atoms with E-state index in [1.807, 2.05) is 0 Å². The van der Waals surface area contributed by atoms with Gasteiger partial charge in [-0.05, 0) is 131 Å². The van der Waals surface area contributed by atoms with Gasteiger partial charge in [0.05, 0.1) is 32.0 Å². The second kappa shape index (κ2) is 20.1. The molecule has 0 aromatic heterocycles. The summed E-state index contributed by atoms with van der Waals surface area (Å²) >= 11 is 0. The third-order valence-electron chi connectivity index (χ3n) is 14.7. The molecule has 8 atom stereocenters. The van der Waals surface area contributed by atoms with E-state index in [4.69, 9.17) is 14.2 Å². The van der Waals surface area contributed by atoms with Gasteiger partial charge in [-0.25, -0.2) is 0 Å². The molecule has 0 radical (unpaired) electrons. The predicted octanol–water partition coefficient (Wildman–Crippen LogP) is 11.8. The van der Waals surface area contributed by atoms with Crippen molar-refractivity contribution in [2.45, 2.75) is 188 Å². The lowest BCUT2D eigenvalue weighted by molar-refractivity contribution is -0.0787. The molecule has 4 heteroatoms. The Morgan fingerprint density at radius 1 is 0.816 bits per heavy atom. The monoisotopic (exact) mass is 684 g/mol. The first-order valence-corrected chi connectivity index (χ1v) is 22.1. The highest BCUT2D eigenvalue weighted by Gasteiger charge is 2.58. The number of rotatable bonds is 22. The predicted molar refractivity (Wildman–Crippen MR) is 207 cm³/mol. The maximum absolute atomic E-state index is 6.59. The number of hydrogen-bond acceptors (Lipinski definition) is 4. The molecule has 1 saturated heterocycles. The van der Waals surface area contributed by atoms with Crippen LogP contribution in [0.4, 0.5) is 0 Å². The summed E-state index contributed by atoms with van der Waals surface area (Å²) in [6.07, 6.45) is 33.4. The first kappa shape index (κ1) is 39.8. The van der Waals surface area contributed by atoms with Gasteiger partial charge in [-0.2, -0.15) is 0 Å². The molecular formula is C45H81NO3. The number of piperidine rings is 1. The van der Waals surface area contributed by atoms with E-state index in [9.17, 15) is 0 Å². The Hall–Kier alpha value is -0.420. The van der Waals surface area contributed by atoms with Gasteiger partial charge in [0.2, 0.25) is 0 Å². The lowest BCUT2D eigenvalue weighted by Crippen LogP contribution is -2.50. The normalized spacial score (nSPS) is 34.0. The molecule has 5 aliphatic rings. The fourth-order valence-electron chi connectivity index (χ4n) is 11.7. The standard InChI is InChI=1S/C45H81NO3/c1-6-7-8-9-10-11-17-30-47-35-40(34-46-28-15-12-16-29-46)49-32-31-48-39-24-26-45(5)38(33-39)20-22-41-42-23-21-37(19-14-13-18-36(2)3)44(42,4)27-25-43(41)45/h20,36-37,39-43H,6-19,21-35H2,1-5H3. The van der Waals surface area contributed by atoms with Crippen LogP contribution >= 0.6 is 0 Å². The van der Waals surface area contributed by atoms with E-state index in [-0.39, 0.29) is 6.10 Å². The van der Waals surface area contributed by atoms with Crippen LogP contribution < -0.4 is 0 Å². The van der Waals surface area contributed by atoms with Crippen LogP contribution in [0.25, 0.3) is 0 Å². The van der Waals surface area contributed by atoms with Crippen molar-refractivity contribution in [3.63, 3.8) is 0 Å². The zero-order chi connectivity index (χ0) is 34.5. The number of hydrogen-bond donors (Lipinski definition) is 0. The lowest BCUT2D eigenvalue weighted by Gasteiger charge is -2.58. The summed E-state index contributed by atoms with van der Waals surface area (Å²) in [7, 11) is 0. The van der Waals surface area contributed by atoms with Gasteiger partial charge in [-0.1, -0.05) is 110 Å². The summed E-state index contributed by atoms with van der Waals surface area (Å²) in [5.41, 5.74) is 2.76. The molecule has 0 aromatic rings. The second-order valence-electron chi connectivity index (χ2n) is 18.5. The van der Waals surface area contributed by atoms with Crippen LogP contribution in [0, 0.1) is 40.4 Å². The van der Waals surface area contributed by atoms with E-state index in [1.165, 1.54) is 148 Å². The molecule has 1 heterocycles. The molecule has 0 spiro atoms. The second-order valence-corrected chi connectivity index (χ2v) is 18.5. The van der Waals surface area contributed by atoms with E-state index in [0.717, 1.165) is 55.8 Å². The Morgan fingerprint density at radius 2 is 1.61 bits per heavy atom. The minimum absolute atomic E-state index is 0.158. The molecule has 0 amide bonds. The van der Waals surface area contributed by atoms with E-state index in [0.29, 0.717) is 30.1 Å². The fraction of sp³-hybridized carbons (Fsp3) is 0.956. The number of nitrogens with zero attached hydrogens (tertiary/aromatic N) is 1. The van der Waals surface area contributed by atoms with Gasteiger partial charge in [0.1, 0.15) is 0 Å². The topological polar surface area (TPSA) is 30.9 Å². The van der Waals surface area contributed by atoms with Crippen molar-refractivity contribution < 1.29 is 14.2 Å². The molecular weight excluding hydrogens is 602 g/mol. The van der Waals surface area contributed by atoms with Crippen molar-refractivity contribution in [1.29, 1.82) is 0 Å². The molecule has 4 aliphatic carbocycles. The van der Waals surface area contributed by atoms with Crippen LogP contribution in [-0.2, 0) is 14.2 Å². The van der Waals surface area contributed by atoms with Crippen LogP contribution in [0.1, 0.15) is 176 Å². The lowest BCUT2D eigenvalue weighted by atomic mass is 9.47. The fourth-order valence-corrected chi connectivity index (χ4v) is 11.7. The number of fused-ring (bicyclic) bond motifs is 5. The van der Waals surface area contributed by atoms with Crippen LogP contribution in [0.5, 0.6) is 0 Å². The van der Waals surface area contributed by atoms with Crippen LogP contribution in [0.2, 0.25) is 0 Å². The Balaban J connectivity index is 1.04. The smallest absolute Gasteiger partial charge is 0.0936 e. The van der Waals surface area contributed by atoms with Crippen LogP contribution in [-0.4, -0.2) is 63.2 Å². The minimum atomic E-state index is 0.158. The zero-order valence-corrected chi connectivity index (χ0v) is 33.3. The summed E-state index contributed by atoms with van der Waals surface area (Å²) in [6, 6.07) is 0. The SMILES string of the molecule is CCCCCCCCCOCC(CN1CCCCC1)OCCOC1CCC2(C)C(=CCC3C2CCC2(C)C(CCCCC(C)C)CCC32)C1. The summed E-state index contributed by atoms with van der Waals surface area (Å²) < 4.78 is 19.3. The quantitative estimate of drug-likeness (QED) is 0.0839. The summed E-state index contributed by atoms with van der Waals surface area (Å²) in [5, 5.41) is 0. The molecule has 284 valence electrons. The van der Waals surface area contributed by atoms with Crippen molar-refractivity contribution in [3.8, 4) is 0 Å². The van der Waals surface area contributed by atoms with Gasteiger partial charge in [0, 0.05) is 13.2 Å². The molecule has 0 aromatic carbocycles. The maximum atomic E-state index is 6.59. The van der Waals surface area contributed by atoms with Crippen LogP contribution in [0.3, 0.4) is 0 Å². The third-order valence-corrected chi connectivity index (χ3v) is 14.7. The zero-order valence-electron chi connectivity index (χ0n) is 33.3. The van der Waals surface area contributed by atoms with Gasteiger partial charge in [0.15, 0.2) is 0 Å². The summed E-state index contributed by atoms with van der Waals surface area (Å²) in [4.78, 5) is 2.60. The molecule has 1 aliphatic heterocycles. The van der Waals surface area contributed by atoms with Crippen molar-refractivity contribution >= 4 is 0 Å². The minimum Gasteiger partial charge on any atom is -0.379 e. The van der Waals surface area contributed by atoms with Crippen molar-refractivity contribution in [2.75, 3.05) is 46.1 Å². The van der Waals surface area contributed by atoms with Gasteiger partial charge in [-0.15, -0.1) is 0 Å². The first-order valence-electron chi connectivity index (χ1n) is 22.1. The van der Waals surface area contributed by atoms with Crippen molar-refractivity contribution in [2.24, 2.45) is 40.4 Å². The number of likely N-dealkylation sites (tertiary alicyclic amines) is 1. The highest BCUT2D eigenvalue weighted by molar-refractivity contribution is 5.25. The molecule has 5 rings (SSSR count). The maximum Gasteiger partial charge on any atom is 0.0936 e. The van der Waals surface area contributed by atoms with E-state index in [2.05, 4.69) is 45.6 Å². The van der Waals surface area contributed by atoms with E-state index in [1.54, 1.807) is 5.57 Å². The van der Waals surface area contributed by atoms with Crippen LogP contribution in [0.15, 0.2) is 11.6 Å². The molecule has 4 fully saturated rings. The van der Waals surface area contributed by atoms with Gasteiger partial charge >= 0.3 is 0 Å². The number of ether oxygens (including phenoxy) is 3. The van der Waals surface area contributed by atoms with Gasteiger partial charge in [-0.3, -0.25) is 0 Å². The van der Waals surface area contributed by atoms with E-state index >= 15 is 0 Å². The Morgan fingerprint density at radius 3 is 2.41 bits per heavy atom. The summed E-state index contributed by atoms with van der Waals surface area (Å²) in [5.74, 6) is 4.61. The summed E-state index contributed by atoms with van der Waals surface area (Å²) in [6.45, 7) is 18.9. The molecule has 0 bridgehead atoms. The molecule has 3 saturated carbocycles. The highest BCUT2D eigenvalue weighted by Crippen LogP contribution is 2.66. The molecule has 4 nitrogen and oxygen atoms in total. The molecule has 0 N–H and O–H groups in total. The first-order chi connectivity index (χ1) is 23.8. The van der Waals surface area contributed by atoms with Gasteiger partial charge in [0.25, 0.3) is 0 Å². The molecule has 8 unspecified atom stereocenters. The average Bonchev–Trinajstić information content (AvgIpc) is 3.44. The van der Waals surface area contributed by atoms with Gasteiger partial charge < -0.3 is 19.1 Å². The Labute approximate surface area is 304 Å². The van der Waals surface area contributed by atoms with E-state index < -0.39 is 0 Å². The number of allylic oxidation sites excluding steroid dienone is 1. The molecule has 49 heavy (non-hydrogen) atoms. The van der Waals surface area contributed by atoms with Crippen molar-refractivity contribution in [3.05, 3.63) is 11.6 Å². The van der Waals surface area contributed by atoms with Crippen molar-refractivity contribution in [1.82, 2.24) is 4.90 Å². The Bertz CT molecular complexity index is 959.